The van der Waals surface area contributed by atoms with Crippen LogP contribution in [0.4, 0.5) is 10.1 Å². The Morgan fingerprint density at radius 3 is 2.71 bits per heavy atom. The Kier molecular flexibility index (Phi) is 4.70. The molecule has 0 N–H and O–H groups in total. The number of halogens is 1. The van der Waals surface area contributed by atoms with E-state index >= 15 is 4.39 Å². The van der Waals surface area contributed by atoms with Crippen LogP contribution in [-0.4, -0.2) is 56.5 Å². The van der Waals surface area contributed by atoms with Crippen molar-refractivity contribution in [2.24, 2.45) is 0 Å². The van der Waals surface area contributed by atoms with Crippen molar-refractivity contribution >= 4 is 22.9 Å². The maximum atomic E-state index is 15.5. The number of morpholine rings is 1. The summed E-state index contributed by atoms with van der Waals surface area (Å²) in [5.41, 5.74) is 1.75. The first-order valence-electron chi connectivity index (χ1n) is 9.84. The number of hydrogen-bond acceptors (Lipinski definition) is 8. The summed E-state index contributed by atoms with van der Waals surface area (Å²) in [5, 5.41) is 8.66. The van der Waals surface area contributed by atoms with E-state index in [0.717, 1.165) is 0 Å². The number of rotatable bonds is 4. The van der Waals surface area contributed by atoms with E-state index < -0.39 is 5.82 Å². The number of carbonyl (C=O) groups excluding carboxylic acids is 1. The van der Waals surface area contributed by atoms with Gasteiger partial charge in [-0.3, -0.25) is 14.8 Å². The number of fused-ring (bicyclic) bond motifs is 1. The SMILES string of the molecule is CC1CN(c2c(C=O)cc3c(-n4cc(-c5cnccn5)cn4)noc3c2F)CC(C)O1. The maximum absolute atomic E-state index is 15.5. The zero-order valence-corrected chi connectivity index (χ0v) is 16.9. The minimum atomic E-state index is -0.624. The van der Waals surface area contributed by atoms with Crippen molar-refractivity contribution in [3.05, 3.63) is 48.4 Å². The van der Waals surface area contributed by atoms with Gasteiger partial charge < -0.3 is 14.2 Å². The first kappa shape index (κ1) is 19.3. The van der Waals surface area contributed by atoms with Crippen LogP contribution in [0.1, 0.15) is 24.2 Å². The van der Waals surface area contributed by atoms with E-state index in [4.69, 9.17) is 9.26 Å². The molecular weight excluding hydrogens is 403 g/mol. The summed E-state index contributed by atoms with van der Waals surface area (Å²) >= 11 is 0. The van der Waals surface area contributed by atoms with Crippen molar-refractivity contribution < 1.29 is 18.4 Å². The summed E-state index contributed by atoms with van der Waals surface area (Å²) in [5.74, 6) is -0.344. The lowest BCUT2D eigenvalue weighted by molar-refractivity contribution is -0.00543. The van der Waals surface area contributed by atoms with E-state index in [2.05, 4.69) is 20.2 Å². The predicted octanol–water partition coefficient (Wildman–Crippen LogP) is 3.04. The van der Waals surface area contributed by atoms with Gasteiger partial charge in [0.15, 0.2) is 12.1 Å². The molecule has 4 heterocycles. The molecule has 3 aromatic heterocycles. The van der Waals surface area contributed by atoms with Gasteiger partial charge in [0.1, 0.15) is 0 Å². The van der Waals surface area contributed by atoms with Gasteiger partial charge in [-0.15, -0.1) is 0 Å². The minimum absolute atomic E-state index is 0.0287. The molecule has 5 rings (SSSR count). The Hall–Kier alpha value is -3.66. The number of hydrogen-bond donors (Lipinski definition) is 0. The second kappa shape index (κ2) is 7.55. The van der Waals surface area contributed by atoms with Crippen LogP contribution in [0.15, 0.2) is 41.6 Å². The number of anilines is 1. The monoisotopic (exact) mass is 422 g/mol. The Morgan fingerprint density at radius 2 is 2.00 bits per heavy atom. The molecule has 1 aliphatic heterocycles. The molecule has 0 saturated carbocycles. The highest BCUT2D eigenvalue weighted by molar-refractivity contribution is 5.97. The molecule has 0 amide bonds. The van der Waals surface area contributed by atoms with Crippen molar-refractivity contribution in [3.8, 4) is 17.1 Å². The number of aldehydes is 1. The largest absolute Gasteiger partial charge is 0.372 e. The molecule has 2 atom stereocenters. The van der Waals surface area contributed by atoms with Crippen LogP contribution in [0.3, 0.4) is 0 Å². The van der Waals surface area contributed by atoms with Gasteiger partial charge in [0, 0.05) is 42.8 Å². The van der Waals surface area contributed by atoms with E-state index in [0.29, 0.717) is 36.0 Å². The molecule has 9 nitrogen and oxygen atoms in total. The van der Waals surface area contributed by atoms with Crippen molar-refractivity contribution in [2.75, 3.05) is 18.0 Å². The highest BCUT2D eigenvalue weighted by Crippen LogP contribution is 2.35. The first-order chi connectivity index (χ1) is 15.0. The number of ether oxygens (including phenoxy) is 1. The molecule has 0 aliphatic carbocycles. The highest BCUT2D eigenvalue weighted by atomic mass is 19.1. The van der Waals surface area contributed by atoms with Crippen LogP contribution in [0.2, 0.25) is 0 Å². The summed E-state index contributed by atoms with van der Waals surface area (Å²) in [6.45, 7) is 4.77. The van der Waals surface area contributed by atoms with Crippen LogP contribution in [0.25, 0.3) is 28.0 Å². The lowest BCUT2D eigenvalue weighted by Crippen LogP contribution is -2.46. The van der Waals surface area contributed by atoms with E-state index in [9.17, 15) is 4.79 Å². The highest BCUT2D eigenvalue weighted by Gasteiger charge is 2.29. The van der Waals surface area contributed by atoms with E-state index in [1.54, 1.807) is 37.1 Å². The van der Waals surface area contributed by atoms with E-state index in [1.807, 2.05) is 18.7 Å². The van der Waals surface area contributed by atoms with Crippen LogP contribution < -0.4 is 4.90 Å². The molecule has 4 aromatic rings. The summed E-state index contributed by atoms with van der Waals surface area (Å²) in [7, 11) is 0. The fraction of sp³-hybridized carbons (Fsp3) is 0.286. The lowest BCUT2D eigenvalue weighted by atomic mass is 10.1. The maximum Gasteiger partial charge on any atom is 0.206 e. The fourth-order valence-corrected chi connectivity index (χ4v) is 3.99. The van der Waals surface area contributed by atoms with Crippen LogP contribution in [0, 0.1) is 5.82 Å². The van der Waals surface area contributed by atoms with Crippen LogP contribution >= 0.6 is 0 Å². The molecule has 0 bridgehead atoms. The average Bonchev–Trinajstić information content (AvgIpc) is 3.40. The van der Waals surface area contributed by atoms with Gasteiger partial charge in [0.25, 0.3) is 0 Å². The fourth-order valence-electron chi connectivity index (χ4n) is 3.99. The normalized spacial score (nSPS) is 19.1. The summed E-state index contributed by atoms with van der Waals surface area (Å²) in [6, 6.07) is 1.58. The second-order valence-corrected chi connectivity index (χ2v) is 7.56. The Bertz CT molecular complexity index is 1240. The topological polar surface area (TPSA) is 99.2 Å². The van der Waals surface area contributed by atoms with Gasteiger partial charge >= 0.3 is 0 Å². The van der Waals surface area contributed by atoms with Crippen molar-refractivity contribution in [3.63, 3.8) is 0 Å². The molecule has 158 valence electrons. The van der Waals surface area contributed by atoms with E-state index in [-0.39, 0.29) is 34.9 Å². The Balaban J connectivity index is 1.59. The van der Waals surface area contributed by atoms with Gasteiger partial charge in [0.2, 0.25) is 11.4 Å². The molecule has 10 heteroatoms. The summed E-state index contributed by atoms with van der Waals surface area (Å²) < 4.78 is 28.1. The molecule has 1 aliphatic rings. The predicted molar refractivity (Wildman–Crippen MR) is 110 cm³/mol. The molecule has 2 unspecified atom stereocenters. The molecule has 1 saturated heterocycles. The second-order valence-electron chi connectivity index (χ2n) is 7.56. The van der Waals surface area contributed by atoms with E-state index in [1.165, 1.54) is 4.68 Å². The summed E-state index contributed by atoms with van der Waals surface area (Å²) in [4.78, 5) is 22.0. The molecule has 1 aromatic carbocycles. The van der Waals surface area contributed by atoms with Gasteiger partial charge in [-0.25, -0.2) is 9.07 Å². The number of aromatic nitrogens is 5. The third-order valence-corrected chi connectivity index (χ3v) is 5.21. The number of carbonyl (C=O) groups is 1. The van der Waals surface area contributed by atoms with Gasteiger partial charge in [-0.1, -0.05) is 5.16 Å². The van der Waals surface area contributed by atoms with Gasteiger partial charge in [0.05, 0.1) is 41.4 Å². The zero-order chi connectivity index (χ0) is 21.5. The Labute approximate surface area is 176 Å². The lowest BCUT2D eigenvalue weighted by Gasteiger charge is -2.37. The van der Waals surface area contributed by atoms with Gasteiger partial charge in [-0.05, 0) is 19.9 Å². The molecule has 0 radical (unpaired) electrons. The Morgan fingerprint density at radius 1 is 1.19 bits per heavy atom. The summed E-state index contributed by atoms with van der Waals surface area (Å²) in [6.07, 6.45) is 8.54. The number of benzene rings is 1. The molecule has 31 heavy (non-hydrogen) atoms. The molecule has 1 fully saturated rings. The van der Waals surface area contributed by atoms with Crippen LogP contribution in [-0.2, 0) is 4.74 Å². The molecule has 0 spiro atoms. The van der Waals surface area contributed by atoms with Crippen LogP contribution in [0.5, 0.6) is 0 Å². The first-order valence-corrected chi connectivity index (χ1v) is 9.84. The average molecular weight is 422 g/mol. The van der Waals surface area contributed by atoms with Crippen molar-refractivity contribution in [1.82, 2.24) is 24.9 Å². The van der Waals surface area contributed by atoms with Gasteiger partial charge in [-0.2, -0.15) is 5.10 Å². The quantitative estimate of drug-likeness (QED) is 0.463. The standard InChI is InChI=1S/C21H19FN6O3/c1-12-8-27(9-13(2)30-12)19-14(11-29)5-16-20(18(19)22)31-26-21(16)28-10-15(6-25-28)17-7-23-3-4-24-17/h3-7,10-13H,8-9H2,1-2H3. The smallest absolute Gasteiger partial charge is 0.206 e. The minimum Gasteiger partial charge on any atom is -0.372 e. The third-order valence-electron chi connectivity index (χ3n) is 5.21. The number of nitrogens with zero attached hydrogens (tertiary/aromatic N) is 6. The third kappa shape index (κ3) is 3.34. The molecular formula is C21H19FN6O3. The zero-order valence-electron chi connectivity index (χ0n) is 16.9. The van der Waals surface area contributed by atoms with Crippen molar-refractivity contribution in [1.29, 1.82) is 0 Å². The van der Waals surface area contributed by atoms with Crippen molar-refractivity contribution in [2.45, 2.75) is 26.1 Å².